The maximum atomic E-state index is 12.6. The molecule has 0 radical (unpaired) electrons. The fourth-order valence-corrected chi connectivity index (χ4v) is 4.54. The lowest BCUT2D eigenvalue weighted by Gasteiger charge is -2.35. The molecule has 1 saturated heterocycles. The van der Waals surface area contributed by atoms with Crippen LogP contribution in [0.5, 0.6) is 5.75 Å². The molecule has 0 amide bonds. The second-order valence-corrected chi connectivity index (χ2v) is 8.23. The van der Waals surface area contributed by atoms with Gasteiger partial charge >= 0.3 is 0 Å². The smallest absolute Gasteiger partial charge is 0.214 e. The number of piperazine rings is 1. The van der Waals surface area contributed by atoms with Crippen LogP contribution in [0, 0.1) is 0 Å². The lowest BCUT2D eigenvalue weighted by Crippen LogP contribution is -2.49. The lowest BCUT2D eigenvalue weighted by atomic mass is 10.2. The molecule has 1 aliphatic heterocycles. The summed E-state index contributed by atoms with van der Waals surface area (Å²) in [4.78, 5) is 2.23. The normalized spacial score (nSPS) is 16.0. The molecule has 6 heteroatoms. The molecule has 0 N–H and O–H groups in total. The van der Waals surface area contributed by atoms with Gasteiger partial charge < -0.3 is 9.64 Å². The topological polar surface area (TPSA) is 49.9 Å². The molecule has 0 saturated carbocycles. The van der Waals surface area contributed by atoms with Crippen molar-refractivity contribution in [1.29, 1.82) is 0 Å². The molecule has 2 aromatic carbocycles. The first-order valence-electron chi connectivity index (χ1n) is 8.49. The Kier molecular flexibility index (Phi) is 5.60. The van der Waals surface area contributed by atoms with Crippen molar-refractivity contribution >= 4 is 15.7 Å². The van der Waals surface area contributed by atoms with Crippen LogP contribution in [0.15, 0.2) is 54.6 Å². The standard InChI is InChI=1S/C19H24N2O3S/c1-24-19-9-5-6-17(16-19)10-15-25(22,23)21-13-11-20(12-14-21)18-7-3-2-4-8-18/h2-9,16H,10-15H2,1H3. The number of rotatable bonds is 6. The summed E-state index contributed by atoms with van der Waals surface area (Å²) >= 11 is 0. The fraction of sp³-hybridized carbons (Fsp3) is 0.368. The molecule has 1 aliphatic rings. The summed E-state index contributed by atoms with van der Waals surface area (Å²) in [6.45, 7) is 2.52. The highest BCUT2D eigenvalue weighted by Crippen LogP contribution is 2.18. The molecule has 3 rings (SSSR count). The van der Waals surface area contributed by atoms with Gasteiger partial charge in [-0.1, -0.05) is 30.3 Å². The van der Waals surface area contributed by atoms with Crippen LogP contribution in [-0.4, -0.2) is 51.8 Å². The number of para-hydroxylation sites is 1. The molecule has 0 aromatic heterocycles. The predicted molar refractivity (Wildman–Crippen MR) is 101 cm³/mol. The van der Waals surface area contributed by atoms with Crippen LogP contribution in [-0.2, 0) is 16.4 Å². The minimum atomic E-state index is -3.24. The molecule has 2 aromatic rings. The molecule has 1 heterocycles. The Morgan fingerprint density at radius 1 is 0.960 bits per heavy atom. The van der Waals surface area contributed by atoms with Crippen molar-refractivity contribution in [3.8, 4) is 5.75 Å². The highest BCUT2D eigenvalue weighted by Gasteiger charge is 2.26. The zero-order valence-electron chi connectivity index (χ0n) is 14.5. The average molecular weight is 360 g/mol. The third-order valence-corrected chi connectivity index (χ3v) is 6.41. The molecular weight excluding hydrogens is 336 g/mol. The van der Waals surface area contributed by atoms with Gasteiger partial charge in [0.1, 0.15) is 5.75 Å². The zero-order valence-corrected chi connectivity index (χ0v) is 15.3. The molecule has 1 fully saturated rings. The van der Waals surface area contributed by atoms with Crippen LogP contribution in [0.1, 0.15) is 5.56 Å². The Hall–Kier alpha value is -2.05. The van der Waals surface area contributed by atoms with Gasteiger partial charge in [0.15, 0.2) is 0 Å². The number of anilines is 1. The van der Waals surface area contributed by atoms with Crippen LogP contribution in [0.2, 0.25) is 0 Å². The van der Waals surface area contributed by atoms with Gasteiger partial charge in [0.2, 0.25) is 10.0 Å². The van der Waals surface area contributed by atoms with Crippen LogP contribution in [0.3, 0.4) is 0 Å². The van der Waals surface area contributed by atoms with E-state index in [2.05, 4.69) is 17.0 Å². The number of hydrogen-bond acceptors (Lipinski definition) is 4. The number of nitrogens with zero attached hydrogens (tertiary/aromatic N) is 2. The van der Waals surface area contributed by atoms with Gasteiger partial charge in [-0.2, -0.15) is 4.31 Å². The number of hydrogen-bond donors (Lipinski definition) is 0. The van der Waals surface area contributed by atoms with Crippen molar-refractivity contribution in [2.75, 3.05) is 43.9 Å². The minimum absolute atomic E-state index is 0.130. The summed E-state index contributed by atoms with van der Waals surface area (Å²) in [5, 5.41) is 0. The summed E-state index contributed by atoms with van der Waals surface area (Å²) in [6.07, 6.45) is 0.498. The van der Waals surface area contributed by atoms with Crippen LogP contribution >= 0.6 is 0 Å². The van der Waals surface area contributed by atoms with E-state index in [0.29, 0.717) is 19.5 Å². The number of sulfonamides is 1. The summed E-state index contributed by atoms with van der Waals surface area (Å²) in [5.41, 5.74) is 2.13. The Balaban J connectivity index is 1.56. The second kappa shape index (κ2) is 7.89. The van der Waals surface area contributed by atoms with E-state index < -0.39 is 10.0 Å². The van der Waals surface area contributed by atoms with E-state index in [0.717, 1.165) is 30.1 Å². The minimum Gasteiger partial charge on any atom is -0.497 e. The molecular formula is C19H24N2O3S. The van der Waals surface area contributed by atoms with E-state index in [1.807, 2.05) is 42.5 Å². The van der Waals surface area contributed by atoms with Crippen molar-refractivity contribution in [2.45, 2.75) is 6.42 Å². The van der Waals surface area contributed by atoms with E-state index in [9.17, 15) is 8.42 Å². The highest BCUT2D eigenvalue weighted by molar-refractivity contribution is 7.89. The molecule has 0 atom stereocenters. The van der Waals surface area contributed by atoms with Gasteiger partial charge in [-0.15, -0.1) is 0 Å². The Labute approximate surface area is 149 Å². The SMILES string of the molecule is COc1cccc(CCS(=O)(=O)N2CCN(c3ccccc3)CC2)c1. The molecule has 134 valence electrons. The van der Waals surface area contributed by atoms with E-state index in [4.69, 9.17) is 4.74 Å². The first-order valence-corrected chi connectivity index (χ1v) is 10.1. The number of ether oxygens (including phenoxy) is 1. The van der Waals surface area contributed by atoms with E-state index in [1.54, 1.807) is 11.4 Å². The van der Waals surface area contributed by atoms with E-state index in [1.165, 1.54) is 0 Å². The summed E-state index contributed by atoms with van der Waals surface area (Å²) in [6, 6.07) is 17.7. The average Bonchev–Trinajstić information content (AvgIpc) is 2.67. The molecule has 0 spiro atoms. The molecule has 0 aliphatic carbocycles. The van der Waals surface area contributed by atoms with Crippen molar-refractivity contribution in [3.63, 3.8) is 0 Å². The molecule has 0 bridgehead atoms. The first kappa shape index (κ1) is 17.8. The van der Waals surface area contributed by atoms with Gasteiger partial charge in [-0.3, -0.25) is 0 Å². The van der Waals surface area contributed by atoms with Crippen LogP contribution < -0.4 is 9.64 Å². The molecule has 25 heavy (non-hydrogen) atoms. The number of methoxy groups -OCH3 is 1. The number of benzene rings is 2. The molecule has 0 unspecified atom stereocenters. The Morgan fingerprint density at radius 2 is 1.68 bits per heavy atom. The monoisotopic (exact) mass is 360 g/mol. The van der Waals surface area contributed by atoms with Gasteiger partial charge in [0, 0.05) is 31.9 Å². The first-order chi connectivity index (χ1) is 12.1. The maximum absolute atomic E-state index is 12.6. The van der Waals surface area contributed by atoms with Crippen molar-refractivity contribution in [3.05, 3.63) is 60.2 Å². The Bertz CT molecular complexity index is 785. The van der Waals surface area contributed by atoms with Gasteiger partial charge in [0.25, 0.3) is 0 Å². The summed E-state index contributed by atoms with van der Waals surface area (Å²) < 4.78 is 32.1. The number of aryl methyl sites for hydroxylation is 1. The quantitative estimate of drug-likeness (QED) is 0.794. The van der Waals surface area contributed by atoms with Gasteiger partial charge in [0.05, 0.1) is 12.9 Å². The zero-order chi connectivity index (χ0) is 17.7. The van der Waals surface area contributed by atoms with Crippen molar-refractivity contribution in [2.24, 2.45) is 0 Å². The summed E-state index contributed by atoms with van der Waals surface area (Å²) in [7, 11) is -1.63. The van der Waals surface area contributed by atoms with Gasteiger partial charge in [-0.05, 0) is 36.2 Å². The van der Waals surface area contributed by atoms with E-state index in [-0.39, 0.29) is 5.75 Å². The van der Waals surface area contributed by atoms with Crippen LogP contribution in [0.4, 0.5) is 5.69 Å². The van der Waals surface area contributed by atoms with Crippen LogP contribution in [0.25, 0.3) is 0 Å². The Morgan fingerprint density at radius 3 is 2.36 bits per heavy atom. The van der Waals surface area contributed by atoms with E-state index >= 15 is 0 Å². The fourth-order valence-electron chi connectivity index (χ4n) is 3.07. The lowest BCUT2D eigenvalue weighted by molar-refractivity contribution is 0.385. The predicted octanol–water partition coefficient (Wildman–Crippen LogP) is 2.39. The summed E-state index contributed by atoms with van der Waals surface area (Å²) in [5.74, 6) is 0.886. The third kappa shape index (κ3) is 4.52. The largest absolute Gasteiger partial charge is 0.497 e. The third-order valence-electron chi connectivity index (χ3n) is 4.54. The second-order valence-electron chi connectivity index (χ2n) is 6.14. The van der Waals surface area contributed by atoms with Crippen molar-refractivity contribution < 1.29 is 13.2 Å². The molecule has 5 nitrogen and oxygen atoms in total. The highest BCUT2D eigenvalue weighted by atomic mass is 32.2. The van der Waals surface area contributed by atoms with Crippen molar-refractivity contribution in [1.82, 2.24) is 4.31 Å². The maximum Gasteiger partial charge on any atom is 0.214 e. The van der Waals surface area contributed by atoms with Gasteiger partial charge in [-0.25, -0.2) is 8.42 Å².